The fourth-order valence-corrected chi connectivity index (χ4v) is 3.38. The van der Waals surface area contributed by atoms with Gasteiger partial charge in [-0.3, -0.25) is 14.8 Å². The highest BCUT2D eigenvalue weighted by Crippen LogP contribution is 2.22. The van der Waals surface area contributed by atoms with E-state index in [2.05, 4.69) is 10.3 Å². The number of carbonyl (C=O) groups is 1. The van der Waals surface area contributed by atoms with Crippen molar-refractivity contribution in [3.63, 3.8) is 0 Å². The summed E-state index contributed by atoms with van der Waals surface area (Å²) in [6.45, 7) is 3.49. The summed E-state index contributed by atoms with van der Waals surface area (Å²) in [6, 6.07) is 12.8. The molecule has 0 aliphatic rings. The van der Waals surface area contributed by atoms with Crippen LogP contribution >= 0.6 is 0 Å². The molecule has 0 radical (unpaired) electrons. The van der Waals surface area contributed by atoms with Crippen molar-refractivity contribution in [3.8, 4) is 0 Å². The maximum atomic E-state index is 14.7. The van der Waals surface area contributed by atoms with Crippen LogP contribution in [-0.4, -0.2) is 16.1 Å². The lowest BCUT2D eigenvalue weighted by atomic mass is 9.95. The standard InChI is InChI=1S/C22H18FN3O3/c1-22(2,13-6-5-9-26(29)12-13)25-21(28)15-11-19-16(10-17(15)23)20(27)14-7-3-4-8-18(14)24-19/h3-12H,1-2H3,(H2-,24,25,27,28,29)/p+1. The summed E-state index contributed by atoms with van der Waals surface area (Å²) in [5, 5.41) is 13.0. The first-order chi connectivity index (χ1) is 13.8. The number of carbonyl (C=O) groups excluding carboxylic acids is 1. The van der Waals surface area contributed by atoms with Crippen molar-refractivity contribution < 1.29 is 19.1 Å². The predicted molar refractivity (Wildman–Crippen MR) is 106 cm³/mol. The Morgan fingerprint density at radius 3 is 2.62 bits per heavy atom. The number of fused-ring (bicyclic) bond motifs is 2. The monoisotopic (exact) mass is 392 g/mol. The Morgan fingerprint density at radius 2 is 1.86 bits per heavy atom. The number of hydrogen-bond donors (Lipinski definition) is 3. The molecule has 1 amide bonds. The fraction of sp³-hybridized carbons (Fsp3) is 0.136. The summed E-state index contributed by atoms with van der Waals surface area (Å²) >= 11 is 0. The molecule has 4 aromatic rings. The van der Waals surface area contributed by atoms with Crippen LogP contribution in [0.3, 0.4) is 0 Å². The summed E-state index contributed by atoms with van der Waals surface area (Å²) in [7, 11) is 0. The van der Waals surface area contributed by atoms with Gasteiger partial charge >= 0.3 is 0 Å². The van der Waals surface area contributed by atoms with E-state index in [1.165, 1.54) is 18.5 Å². The van der Waals surface area contributed by atoms with Gasteiger partial charge in [-0.1, -0.05) is 12.1 Å². The first-order valence-corrected chi connectivity index (χ1v) is 9.04. The number of nitrogens with one attached hydrogen (secondary N) is 2. The topological polar surface area (TPSA) is 86.1 Å². The summed E-state index contributed by atoms with van der Waals surface area (Å²) in [4.78, 5) is 28.6. The van der Waals surface area contributed by atoms with Crippen molar-refractivity contribution in [2.75, 3.05) is 0 Å². The number of amides is 1. The van der Waals surface area contributed by atoms with Gasteiger partial charge < -0.3 is 10.3 Å². The van der Waals surface area contributed by atoms with Gasteiger partial charge in [-0.25, -0.2) is 4.39 Å². The highest BCUT2D eigenvalue weighted by Gasteiger charge is 2.27. The lowest BCUT2D eigenvalue weighted by molar-refractivity contribution is -0.905. The summed E-state index contributed by atoms with van der Waals surface area (Å²) < 4.78 is 15.6. The molecule has 3 N–H and O–H groups in total. The van der Waals surface area contributed by atoms with Crippen molar-refractivity contribution in [2.45, 2.75) is 19.4 Å². The molecule has 7 heteroatoms. The molecular formula is C22H19FN3O3+. The molecule has 0 bridgehead atoms. The Hall–Kier alpha value is -3.74. The number of nitrogens with zero attached hydrogens (tertiary/aromatic N) is 1. The van der Waals surface area contributed by atoms with Gasteiger partial charge in [0, 0.05) is 32.6 Å². The second kappa shape index (κ2) is 6.70. The van der Waals surface area contributed by atoms with Crippen molar-refractivity contribution in [1.29, 1.82) is 0 Å². The van der Waals surface area contributed by atoms with Gasteiger partial charge in [0.1, 0.15) is 5.82 Å². The van der Waals surface area contributed by atoms with E-state index in [0.29, 0.717) is 22.0 Å². The van der Waals surface area contributed by atoms with Crippen LogP contribution in [0.5, 0.6) is 0 Å². The molecule has 2 aromatic heterocycles. The quantitative estimate of drug-likeness (QED) is 0.285. The molecule has 0 atom stereocenters. The molecule has 0 aliphatic heterocycles. The summed E-state index contributed by atoms with van der Waals surface area (Å²) in [5.74, 6) is -1.41. The molecule has 2 aromatic carbocycles. The van der Waals surface area contributed by atoms with Gasteiger partial charge in [-0.2, -0.15) is 0 Å². The third-order valence-electron chi connectivity index (χ3n) is 4.97. The van der Waals surface area contributed by atoms with Crippen molar-refractivity contribution in [1.82, 2.24) is 10.3 Å². The van der Waals surface area contributed by atoms with Crippen LogP contribution in [0.25, 0.3) is 21.8 Å². The SMILES string of the molecule is CC(C)(NC(=O)c1cc2[nH]c3ccccc3c(=O)c2cc1F)c1ccc[n+](O)c1. The molecule has 0 saturated heterocycles. The average molecular weight is 392 g/mol. The number of halogens is 1. The predicted octanol–water partition coefficient (Wildman–Crippen LogP) is 3.01. The number of aromatic amines is 1. The number of rotatable bonds is 3. The van der Waals surface area contributed by atoms with E-state index >= 15 is 0 Å². The van der Waals surface area contributed by atoms with Gasteiger partial charge in [0.15, 0.2) is 5.43 Å². The van der Waals surface area contributed by atoms with Gasteiger partial charge in [0.2, 0.25) is 12.4 Å². The van der Waals surface area contributed by atoms with Crippen LogP contribution in [0.15, 0.2) is 65.7 Å². The molecule has 6 nitrogen and oxygen atoms in total. The molecule has 0 saturated carbocycles. The van der Waals surface area contributed by atoms with Crippen LogP contribution in [0.1, 0.15) is 29.8 Å². The molecule has 0 spiro atoms. The smallest absolute Gasteiger partial charge is 0.255 e. The first kappa shape index (κ1) is 18.6. The summed E-state index contributed by atoms with van der Waals surface area (Å²) in [6.07, 6.45) is 2.91. The molecule has 2 heterocycles. The number of para-hydroxylation sites is 1. The Balaban J connectivity index is 1.77. The van der Waals surface area contributed by atoms with E-state index < -0.39 is 17.3 Å². The van der Waals surface area contributed by atoms with Crippen molar-refractivity contribution in [2.24, 2.45) is 0 Å². The van der Waals surface area contributed by atoms with Gasteiger partial charge in [0.05, 0.1) is 16.6 Å². The zero-order chi connectivity index (χ0) is 20.8. The first-order valence-electron chi connectivity index (χ1n) is 9.04. The lowest BCUT2D eigenvalue weighted by Gasteiger charge is -2.25. The zero-order valence-electron chi connectivity index (χ0n) is 15.9. The zero-order valence-corrected chi connectivity index (χ0v) is 15.9. The lowest BCUT2D eigenvalue weighted by Crippen LogP contribution is -2.43. The summed E-state index contributed by atoms with van der Waals surface area (Å²) in [5.41, 5.74) is 0.283. The van der Waals surface area contributed by atoms with Gasteiger partial charge in [-0.05, 0) is 44.2 Å². The molecule has 4 rings (SSSR count). The molecule has 146 valence electrons. The van der Waals surface area contributed by atoms with E-state index in [1.807, 2.05) is 0 Å². The third-order valence-corrected chi connectivity index (χ3v) is 4.97. The van der Waals surface area contributed by atoms with E-state index in [9.17, 15) is 19.2 Å². The Morgan fingerprint density at radius 1 is 1.10 bits per heavy atom. The number of hydrogen-bond acceptors (Lipinski definition) is 3. The minimum absolute atomic E-state index is 0.177. The van der Waals surface area contributed by atoms with E-state index in [4.69, 9.17) is 0 Å². The van der Waals surface area contributed by atoms with E-state index in [0.717, 1.165) is 10.8 Å². The second-order valence-electron chi connectivity index (χ2n) is 7.43. The van der Waals surface area contributed by atoms with E-state index in [-0.39, 0.29) is 16.4 Å². The average Bonchev–Trinajstić information content (AvgIpc) is 2.68. The van der Waals surface area contributed by atoms with Crippen LogP contribution in [0, 0.1) is 5.82 Å². The van der Waals surface area contributed by atoms with Gasteiger partial charge in [-0.15, -0.1) is 0 Å². The number of aromatic nitrogens is 2. The van der Waals surface area contributed by atoms with Crippen LogP contribution in [-0.2, 0) is 5.54 Å². The number of pyridine rings is 2. The third kappa shape index (κ3) is 3.31. The minimum atomic E-state index is -0.874. The second-order valence-corrected chi connectivity index (χ2v) is 7.43. The minimum Gasteiger partial charge on any atom is -0.354 e. The highest BCUT2D eigenvalue weighted by molar-refractivity contribution is 6.00. The maximum absolute atomic E-state index is 14.7. The van der Waals surface area contributed by atoms with Crippen LogP contribution in [0.2, 0.25) is 0 Å². The molecule has 0 aliphatic carbocycles. The Labute approximate surface area is 165 Å². The Bertz CT molecular complexity index is 1330. The molecular weight excluding hydrogens is 373 g/mol. The van der Waals surface area contributed by atoms with Crippen molar-refractivity contribution in [3.05, 3.63) is 88.1 Å². The fourth-order valence-electron chi connectivity index (χ4n) is 3.38. The maximum Gasteiger partial charge on any atom is 0.255 e. The Kier molecular flexibility index (Phi) is 4.30. The number of H-pyrrole nitrogens is 1. The largest absolute Gasteiger partial charge is 0.354 e. The normalized spacial score (nSPS) is 11.7. The molecule has 0 fully saturated rings. The number of benzene rings is 2. The highest BCUT2D eigenvalue weighted by atomic mass is 19.1. The van der Waals surface area contributed by atoms with Crippen LogP contribution < -0.4 is 15.5 Å². The molecule has 0 unspecified atom stereocenters. The molecule has 29 heavy (non-hydrogen) atoms. The van der Waals surface area contributed by atoms with E-state index in [1.54, 1.807) is 50.2 Å². The van der Waals surface area contributed by atoms with Gasteiger partial charge in [0.25, 0.3) is 5.91 Å². The van der Waals surface area contributed by atoms with Crippen LogP contribution in [0.4, 0.5) is 4.39 Å². The van der Waals surface area contributed by atoms with Crippen molar-refractivity contribution >= 4 is 27.7 Å².